The zero-order valence-electron chi connectivity index (χ0n) is 16.0. The number of benzene rings is 1. The van der Waals surface area contributed by atoms with Crippen molar-refractivity contribution in [3.63, 3.8) is 0 Å². The molecule has 0 saturated heterocycles. The number of nitrogens with zero attached hydrogens (tertiary/aromatic N) is 5. The number of aromatic nitrogens is 4. The lowest BCUT2D eigenvalue weighted by Crippen LogP contribution is -2.34. The molecule has 1 amide bonds. The Morgan fingerprint density at radius 1 is 1.23 bits per heavy atom. The van der Waals surface area contributed by atoms with E-state index >= 15 is 0 Å². The lowest BCUT2D eigenvalue weighted by atomic mass is 10.0. The summed E-state index contributed by atoms with van der Waals surface area (Å²) in [5, 5.41) is 11.9. The Morgan fingerprint density at radius 2 is 2.00 bits per heavy atom. The largest absolute Gasteiger partial charge is 0.573 e. The van der Waals surface area contributed by atoms with E-state index in [1.165, 1.54) is 40.7 Å². The van der Waals surface area contributed by atoms with Crippen LogP contribution in [0.2, 0.25) is 0 Å². The average Bonchev–Trinajstić information content (AvgIpc) is 3.43. The van der Waals surface area contributed by atoms with Gasteiger partial charge in [0.1, 0.15) is 5.75 Å². The Labute approximate surface area is 175 Å². The van der Waals surface area contributed by atoms with Gasteiger partial charge in [0.2, 0.25) is 11.1 Å². The second-order valence-corrected chi connectivity index (χ2v) is 8.08. The summed E-state index contributed by atoms with van der Waals surface area (Å²) in [5.74, 6) is -0.118. The average molecular weight is 439 g/mol. The number of carbonyl (C=O) groups is 1. The Bertz CT molecular complexity index is 925. The zero-order chi connectivity index (χ0) is 21.1. The summed E-state index contributed by atoms with van der Waals surface area (Å²) in [6.07, 6.45) is 3.66. The van der Waals surface area contributed by atoms with Gasteiger partial charge in [-0.3, -0.25) is 4.79 Å². The fourth-order valence-corrected chi connectivity index (χ4v) is 4.14. The lowest BCUT2D eigenvalue weighted by molar-refractivity contribution is -0.274. The van der Waals surface area contributed by atoms with E-state index in [0.29, 0.717) is 16.9 Å². The fraction of sp³-hybridized carbons (Fsp3) is 0.474. The number of rotatable bonds is 7. The van der Waals surface area contributed by atoms with Gasteiger partial charge in [0.15, 0.2) is 0 Å². The molecule has 0 bridgehead atoms. The Balaban J connectivity index is 1.42. The predicted molar refractivity (Wildman–Crippen MR) is 103 cm³/mol. The van der Waals surface area contributed by atoms with Crippen LogP contribution in [-0.4, -0.2) is 49.2 Å². The van der Waals surface area contributed by atoms with Crippen molar-refractivity contribution < 1.29 is 22.7 Å². The van der Waals surface area contributed by atoms with Gasteiger partial charge in [-0.2, -0.15) is 4.68 Å². The minimum atomic E-state index is -4.75. The second-order valence-electron chi connectivity index (χ2n) is 7.14. The molecule has 2 aromatic rings. The lowest BCUT2D eigenvalue weighted by Gasteiger charge is -2.27. The number of thioether (sulfide) groups is 1. The number of halogens is 3. The van der Waals surface area contributed by atoms with Crippen LogP contribution in [-0.2, 0) is 4.79 Å². The first-order chi connectivity index (χ1) is 14.4. The van der Waals surface area contributed by atoms with E-state index in [-0.39, 0.29) is 17.4 Å². The second kappa shape index (κ2) is 8.66. The molecular weight excluding hydrogens is 419 g/mol. The summed E-state index contributed by atoms with van der Waals surface area (Å²) in [6.45, 7) is 0. The standard InChI is InChI=1S/C19H20F3N5O2S/c20-19(21,22)29-16-10-8-15(9-11-16)27-18(23-24-25-27)30-12-17(28)26(14-6-7-14)13-4-2-1-3-5-13/h4,8-11,14H,1-3,5-7,12H2. The molecule has 1 saturated carbocycles. The van der Waals surface area contributed by atoms with Crippen LogP contribution in [0.1, 0.15) is 38.5 Å². The van der Waals surface area contributed by atoms with E-state index in [0.717, 1.165) is 44.2 Å². The van der Waals surface area contributed by atoms with Crippen LogP contribution in [0.3, 0.4) is 0 Å². The van der Waals surface area contributed by atoms with Gasteiger partial charge in [-0.05, 0) is 73.2 Å². The van der Waals surface area contributed by atoms with Crippen molar-refractivity contribution in [3.05, 3.63) is 36.0 Å². The highest BCUT2D eigenvalue weighted by atomic mass is 32.2. The highest BCUT2D eigenvalue weighted by molar-refractivity contribution is 7.99. The molecule has 0 spiro atoms. The topological polar surface area (TPSA) is 73.1 Å². The van der Waals surface area contributed by atoms with Crippen molar-refractivity contribution >= 4 is 17.7 Å². The third-order valence-electron chi connectivity index (χ3n) is 4.84. The van der Waals surface area contributed by atoms with Crippen molar-refractivity contribution in [1.82, 2.24) is 25.1 Å². The predicted octanol–water partition coefficient (Wildman–Crippen LogP) is 4.10. The maximum absolute atomic E-state index is 12.9. The molecule has 1 fully saturated rings. The summed E-state index contributed by atoms with van der Waals surface area (Å²) < 4.78 is 42.2. The number of amides is 1. The Kier molecular flexibility index (Phi) is 5.98. The van der Waals surface area contributed by atoms with Gasteiger partial charge >= 0.3 is 6.36 Å². The first-order valence-electron chi connectivity index (χ1n) is 9.69. The van der Waals surface area contributed by atoms with E-state index in [1.807, 2.05) is 4.90 Å². The number of carbonyl (C=O) groups excluding carboxylic acids is 1. The molecule has 7 nitrogen and oxygen atoms in total. The monoisotopic (exact) mass is 439 g/mol. The highest BCUT2D eigenvalue weighted by Crippen LogP contribution is 2.34. The van der Waals surface area contributed by atoms with E-state index in [1.54, 1.807) is 0 Å². The molecule has 160 valence electrons. The van der Waals surface area contributed by atoms with E-state index < -0.39 is 6.36 Å². The molecular formula is C19H20F3N5O2S. The molecule has 30 heavy (non-hydrogen) atoms. The van der Waals surface area contributed by atoms with Crippen molar-refractivity contribution in [1.29, 1.82) is 0 Å². The van der Waals surface area contributed by atoms with Crippen LogP contribution in [0.4, 0.5) is 13.2 Å². The molecule has 0 unspecified atom stereocenters. The van der Waals surface area contributed by atoms with Crippen LogP contribution in [0.15, 0.2) is 41.2 Å². The molecule has 0 atom stereocenters. The van der Waals surface area contributed by atoms with Gasteiger partial charge in [-0.15, -0.1) is 18.3 Å². The quantitative estimate of drug-likeness (QED) is 0.605. The van der Waals surface area contributed by atoms with Gasteiger partial charge in [0.25, 0.3) is 0 Å². The summed E-state index contributed by atoms with van der Waals surface area (Å²) >= 11 is 1.21. The van der Waals surface area contributed by atoms with Gasteiger partial charge < -0.3 is 9.64 Å². The molecule has 2 aliphatic rings. The number of allylic oxidation sites excluding steroid dienone is 2. The van der Waals surface area contributed by atoms with Crippen LogP contribution < -0.4 is 4.74 Å². The van der Waals surface area contributed by atoms with Crippen LogP contribution >= 0.6 is 11.8 Å². The fourth-order valence-electron chi connectivity index (χ4n) is 3.39. The van der Waals surface area contributed by atoms with Crippen LogP contribution in [0, 0.1) is 0 Å². The minimum Gasteiger partial charge on any atom is -0.406 e. The molecule has 1 aromatic carbocycles. The molecule has 0 N–H and O–H groups in total. The van der Waals surface area contributed by atoms with Crippen molar-refractivity contribution in [2.45, 2.75) is 56.1 Å². The number of hydrogen-bond acceptors (Lipinski definition) is 6. The number of tetrazole rings is 1. The number of ether oxygens (including phenoxy) is 1. The summed E-state index contributed by atoms with van der Waals surface area (Å²) in [7, 11) is 0. The molecule has 2 aliphatic carbocycles. The molecule has 4 rings (SSSR count). The van der Waals surface area contributed by atoms with Crippen molar-refractivity contribution in [3.8, 4) is 11.4 Å². The minimum absolute atomic E-state index is 0.0270. The van der Waals surface area contributed by atoms with E-state index in [2.05, 4.69) is 26.3 Å². The molecule has 0 aliphatic heterocycles. The smallest absolute Gasteiger partial charge is 0.406 e. The van der Waals surface area contributed by atoms with Gasteiger partial charge in [-0.1, -0.05) is 17.8 Å². The summed E-state index contributed by atoms with van der Waals surface area (Å²) in [4.78, 5) is 14.8. The van der Waals surface area contributed by atoms with E-state index in [9.17, 15) is 18.0 Å². The molecule has 0 radical (unpaired) electrons. The maximum atomic E-state index is 12.9. The summed E-state index contributed by atoms with van der Waals surface area (Å²) in [5.41, 5.74) is 1.59. The molecule has 11 heteroatoms. The normalized spacial score (nSPS) is 16.8. The van der Waals surface area contributed by atoms with Crippen LogP contribution in [0.25, 0.3) is 5.69 Å². The van der Waals surface area contributed by atoms with Gasteiger partial charge in [0.05, 0.1) is 11.4 Å². The Morgan fingerprint density at radius 3 is 2.63 bits per heavy atom. The van der Waals surface area contributed by atoms with Gasteiger partial charge in [0, 0.05) is 11.7 Å². The van der Waals surface area contributed by atoms with Crippen molar-refractivity contribution in [2.24, 2.45) is 0 Å². The third kappa shape index (κ3) is 5.13. The first-order valence-corrected chi connectivity index (χ1v) is 10.7. The number of hydrogen-bond donors (Lipinski definition) is 0. The van der Waals surface area contributed by atoms with Crippen molar-refractivity contribution in [2.75, 3.05) is 5.75 Å². The zero-order valence-corrected chi connectivity index (χ0v) is 16.8. The van der Waals surface area contributed by atoms with E-state index in [4.69, 9.17) is 0 Å². The number of alkyl halides is 3. The molecule has 1 heterocycles. The highest BCUT2D eigenvalue weighted by Gasteiger charge is 2.35. The van der Waals surface area contributed by atoms with Crippen LogP contribution in [0.5, 0.6) is 5.75 Å². The Hall–Kier alpha value is -2.56. The maximum Gasteiger partial charge on any atom is 0.573 e. The third-order valence-corrected chi connectivity index (χ3v) is 5.74. The first kappa shape index (κ1) is 20.7. The summed E-state index contributed by atoms with van der Waals surface area (Å²) in [6, 6.07) is 5.52. The SMILES string of the molecule is O=C(CSc1nnnn1-c1ccc(OC(F)(F)F)cc1)N(C1=CCCCC1)C1CC1. The van der Waals surface area contributed by atoms with Gasteiger partial charge in [-0.25, -0.2) is 0 Å². The molecule has 1 aromatic heterocycles.